The topological polar surface area (TPSA) is 513 Å². The van der Waals surface area contributed by atoms with E-state index in [1.54, 1.807) is 36.5 Å². The van der Waals surface area contributed by atoms with Crippen molar-refractivity contribution in [3.05, 3.63) is 178 Å². The molecule has 1 aliphatic carbocycles. The van der Waals surface area contributed by atoms with E-state index in [4.69, 9.17) is 10.2 Å². The van der Waals surface area contributed by atoms with Crippen LogP contribution in [0.1, 0.15) is 234 Å². The molecule has 6 amide bonds. The summed E-state index contributed by atoms with van der Waals surface area (Å²) in [5, 5.41) is 76.3. The van der Waals surface area contributed by atoms with Gasteiger partial charge in [0.15, 0.2) is 34.3 Å². The molecule has 2 saturated heterocycles. The highest BCUT2D eigenvalue weighted by molar-refractivity contribution is 6.10. The molecule has 137 heavy (non-hydrogen) atoms. The number of amides is 6. The zero-order chi connectivity index (χ0) is 100. The number of benzene rings is 6. The van der Waals surface area contributed by atoms with Crippen LogP contribution in [0.4, 0.5) is 0 Å². The second-order valence-corrected chi connectivity index (χ2v) is 38.6. The van der Waals surface area contributed by atoms with Crippen LogP contribution in [-0.2, 0) is 81.6 Å². The van der Waals surface area contributed by atoms with E-state index in [1.165, 1.54) is 81.6 Å². The van der Waals surface area contributed by atoms with Crippen molar-refractivity contribution in [2.45, 2.75) is 246 Å². The van der Waals surface area contributed by atoms with Crippen LogP contribution in [0.25, 0.3) is 44.2 Å². The van der Waals surface area contributed by atoms with Crippen LogP contribution >= 0.6 is 0 Å². The maximum Gasteiger partial charge on any atom is 0.336 e. The van der Waals surface area contributed by atoms with Crippen molar-refractivity contribution in [3.63, 3.8) is 0 Å². The maximum absolute atomic E-state index is 14.9. The molecule has 736 valence electrons. The number of aromatic hydroxyl groups is 2. The summed E-state index contributed by atoms with van der Waals surface area (Å²) in [7, 11) is 1.44. The lowest BCUT2D eigenvalue weighted by Crippen LogP contribution is -2.50. The molecule has 2 bridgehead atoms. The number of carbonyl (C=O) groups excluding carboxylic acids is 13. The fourth-order valence-corrected chi connectivity index (χ4v) is 18.3. The molecular weight excluding hydrogens is 1750 g/mol. The second-order valence-electron chi connectivity index (χ2n) is 38.6. The number of aromatic nitrogens is 1. The van der Waals surface area contributed by atoms with Crippen LogP contribution in [0, 0.1) is 52.3 Å². The highest BCUT2D eigenvalue weighted by Crippen LogP contribution is 2.43. The summed E-state index contributed by atoms with van der Waals surface area (Å²) < 4.78 is 5.86. The first kappa shape index (κ1) is 108. The van der Waals surface area contributed by atoms with Crippen LogP contribution in [0.5, 0.6) is 11.5 Å². The average Bonchev–Trinajstić information content (AvgIpc) is 1.59. The predicted octanol–water partition coefficient (Wildman–Crippen LogP) is 12.4. The number of aliphatic carboxylic acids is 1. The highest BCUT2D eigenvalue weighted by atomic mass is 16.4. The number of nitrogens with one attached hydrogen (secondary N) is 6. The van der Waals surface area contributed by atoms with Gasteiger partial charge in [0, 0.05) is 152 Å². The monoisotopic (exact) mass is 1890 g/mol. The predicted molar refractivity (Wildman–Crippen MR) is 516 cm³/mol. The van der Waals surface area contributed by atoms with Crippen molar-refractivity contribution >= 4 is 110 Å². The Morgan fingerprint density at radius 2 is 1.25 bits per heavy atom. The number of hydrogen-bond donors (Lipinski definition) is 13. The van der Waals surface area contributed by atoms with E-state index in [9.17, 15) is 107 Å². The summed E-state index contributed by atoms with van der Waals surface area (Å²) in [5.41, 5.74) is 7.06. The van der Waals surface area contributed by atoms with Gasteiger partial charge in [0.25, 0.3) is 0 Å². The van der Waals surface area contributed by atoms with E-state index < -0.39 is 161 Å². The first-order valence-electron chi connectivity index (χ1n) is 47.7. The fraction of sp³-hybridized carbons (Fsp3) is 0.491. The Hall–Kier alpha value is -12.7. The first-order chi connectivity index (χ1) is 65.0. The number of carboxylic acid groups (broad SMARTS) is 2. The van der Waals surface area contributed by atoms with Crippen molar-refractivity contribution in [2.24, 2.45) is 58.0 Å². The number of nitrogens with two attached hydrogens (primary N) is 1. The Morgan fingerprint density at radius 3 is 1.91 bits per heavy atom. The Balaban J connectivity index is 0.000000321. The van der Waals surface area contributed by atoms with Gasteiger partial charge in [-0.25, -0.2) is 4.79 Å². The van der Waals surface area contributed by atoms with Gasteiger partial charge in [0.05, 0.1) is 53.7 Å². The summed E-state index contributed by atoms with van der Waals surface area (Å²) in [6.45, 7) is 15.2. The number of phenols is 2. The van der Waals surface area contributed by atoms with E-state index in [0.29, 0.717) is 66.5 Å². The molecule has 4 heterocycles. The number of phenolic OH excluding ortho intramolecular Hbond substituents is 2. The molecule has 1 aromatic heterocycles. The minimum atomic E-state index is -1.39. The summed E-state index contributed by atoms with van der Waals surface area (Å²) in [4.78, 5) is 222. The lowest BCUT2D eigenvalue weighted by Gasteiger charge is -2.29. The third-order valence-electron chi connectivity index (χ3n) is 26.4. The smallest absolute Gasteiger partial charge is 0.336 e. The molecule has 0 saturated carbocycles. The number of nitrogens with zero attached hydrogens (tertiary/aromatic N) is 1. The number of rotatable bonds is 31. The van der Waals surface area contributed by atoms with E-state index in [-0.39, 0.29) is 151 Å². The largest absolute Gasteiger partial charge is 0.508 e. The molecule has 3 aliphatic heterocycles. The van der Waals surface area contributed by atoms with Crippen LogP contribution in [0.2, 0.25) is 0 Å². The van der Waals surface area contributed by atoms with Crippen molar-refractivity contribution < 1.29 is 107 Å². The molecule has 12 atom stereocenters. The van der Waals surface area contributed by atoms with Gasteiger partial charge in [-0.3, -0.25) is 71.9 Å². The van der Waals surface area contributed by atoms with E-state index in [2.05, 4.69) is 36.5 Å². The minimum absolute atomic E-state index is 0.000446. The Labute approximate surface area is 798 Å². The van der Waals surface area contributed by atoms with Crippen molar-refractivity contribution in [3.8, 4) is 33.9 Å². The number of carbonyl (C=O) groups is 15. The van der Waals surface area contributed by atoms with Crippen LogP contribution < -0.4 is 37.7 Å². The van der Waals surface area contributed by atoms with Gasteiger partial charge in [-0.2, -0.15) is 0 Å². The molecule has 0 spiro atoms. The number of fused-ring (bicyclic) bond motifs is 5. The van der Waals surface area contributed by atoms with Crippen LogP contribution in [0.15, 0.2) is 149 Å². The number of primary amides is 1. The third kappa shape index (κ3) is 31.4. The molecule has 0 radical (unpaired) electrons. The third-order valence-corrected chi connectivity index (χ3v) is 26.4. The minimum Gasteiger partial charge on any atom is -0.508 e. The number of H-pyrrole nitrogens is 1. The number of aromatic amines is 1. The van der Waals surface area contributed by atoms with E-state index in [0.717, 1.165) is 67.8 Å². The van der Waals surface area contributed by atoms with Gasteiger partial charge in [-0.15, -0.1) is 0 Å². The summed E-state index contributed by atoms with van der Waals surface area (Å²) in [6, 6.07) is 30.5. The van der Waals surface area contributed by atoms with Crippen molar-refractivity contribution in [1.82, 2.24) is 36.5 Å². The van der Waals surface area contributed by atoms with Gasteiger partial charge < -0.3 is 77.3 Å². The van der Waals surface area contributed by atoms with Gasteiger partial charge in [0.2, 0.25) is 35.4 Å². The van der Waals surface area contributed by atoms with E-state index >= 15 is 0 Å². The number of carboxylic acids is 2. The molecular formula is C106H134N8O23. The van der Waals surface area contributed by atoms with Gasteiger partial charge in [0.1, 0.15) is 40.5 Å². The molecule has 31 nitrogen and oxygen atoms in total. The molecule has 14 N–H and O–H groups in total. The number of aromatic carboxylic acids is 1. The van der Waals surface area contributed by atoms with Crippen LogP contribution in [-0.4, -0.2) is 192 Å². The Morgan fingerprint density at radius 1 is 0.606 bits per heavy atom. The van der Waals surface area contributed by atoms with Gasteiger partial charge in [-0.1, -0.05) is 159 Å². The standard InChI is InChI=1S/C62H90N6O11.C44H44N2O12/c1-39(2)29-45-33-52(70)41(5)65-58(77)46(32-49-48-18-14-13-17-44(48)37-64-49)34-53(71)51(31-42-19-22-47(69)23-20-42)67-57(76)43(21-24-56(74)75)35-55(73)61(6,7)25-15-11-9-8-10-12-16-27-68-28-26-62(38-68,60(63)79)36-54(72)50(30-40(3)4)66-59(45)78;1-24(48)34(43(55)46-36(23-47)38(53)19-27(42(54)45-2)17-25-7-4-3-5-8-25)20-28(49)9-6-10-37(52)26-11-14-31(35(18-26)44(56)57)41-32-15-12-29(50)21-39(32)58-40-22-30(51)13-16-33(40)41/h13-14,17-20,22-23,37,39-41,43,45-46,50-51,64,69H,8-12,15-16,21,24-36,38H2,1-7H3,(H2,63,79)(H,65,77)(H,66,78)(H,67,76)(H,74,75);3-5,7-8,11-16,18,21-22,24,27,34,36,47-48,50H,6,9-10,17,19-20,23H2,1-2H3,(H,45,54)(H,46,55)(H,56,57)/t41-,43+,45+,46+,50-,51-,62-;24?,27-,34+,36+/m01/s1. The maximum atomic E-state index is 14.9. The van der Waals surface area contributed by atoms with Gasteiger partial charge in [-0.05, 0) is 161 Å². The zero-order valence-corrected chi connectivity index (χ0v) is 79.9. The molecule has 10 rings (SSSR count). The molecule has 6 aromatic rings. The number of aliphatic hydroxyl groups excluding tert-OH is 2. The Bertz CT molecular complexity index is 5640. The number of Topliss-reactive ketones (excluding diaryl/α,β-unsaturated/α-hetero) is 7. The van der Waals surface area contributed by atoms with Crippen molar-refractivity contribution in [2.75, 3.05) is 33.3 Å². The molecule has 2 unspecified atom stereocenters. The lowest BCUT2D eigenvalue weighted by atomic mass is 9.78. The zero-order valence-electron chi connectivity index (χ0n) is 79.9. The van der Waals surface area contributed by atoms with E-state index in [1.807, 2.05) is 84.0 Å². The SMILES string of the molecule is CC(C)C[C@@H]1CC(=O)[C@H](C)NC(=O)[C@H](Cc2[nH]cc3ccccc23)CC(=O)[C@H](Cc2ccc(O)cc2)NC(=O)[C@H](CCC(=O)O)CC(=O)C(C)(C)CCCCCCCCCN2CC[C@](C(N)=O)(CC(=O)[C@H](CC(C)C)NC1=O)C2.CNC(=O)[C@@H](CC(=O)[C@H](CO)NC(=O)[C@@H](CC(=O)CCCC(=O)c1ccc(-c2c3ccc(=O)cc-3oc3cc(O)ccc23)c(C(=O)O)c1)C(C)O)Cc1ccccc1. The average molecular weight is 1890 g/mol. The molecule has 5 aromatic carbocycles. The second kappa shape index (κ2) is 50.9. The van der Waals surface area contributed by atoms with Crippen molar-refractivity contribution in [1.29, 1.82) is 0 Å². The first-order valence-corrected chi connectivity index (χ1v) is 47.7. The van der Waals surface area contributed by atoms with Gasteiger partial charge >= 0.3 is 11.9 Å². The molecule has 31 heteroatoms. The summed E-state index contributed by atoms with van der Waals surface area (Å²) >= 11 is 0. The van der Waals surface area contributed by atoms with Crippen LogP contribution in [0.3, 0.4) is 0 Å². The number of hydrogen-bond acceptors (Lipinski definition) is 22. The Kier molecular flexibility index (Phi) is 40.1. The highest BCUT2D eigenvalue weighted by Gasteiger charge is 2.47. The summed E-state index contributed by atoms with van der Waals surface area (Å²) in [6.07, 6.45) is 6.28. The normalized spacial score (nSPS) is 21.0. The number of ketones is 7. The number of aliphatic hydroxyl groups is 2. The lowest BCUT2D eigenvalue weighted by molar-refractivity contribution is -0.139. The fourth-order valence-electron chi connectivity index (χ4n) is 18.3. The molecule has 4 aliphatic rings. The quantitative estimate of drug-likeness (QED) is 0.0142. The summed E-state index contributed by atoms with van der Waals surface area (Å²) in [5.74, 6) is -14.1. The molecule has 2 fully saturated rings.